The van der Waals surface area contributed by atoms with E-state index in [0.29, 0.717) is 38.8 Å². The molecule has 0 aromatic heterocycles. The molecule has 10 heteroatoms. The third-order valence-corrected chi connectivity index (χ3v) is 10.0. The monoisotopic (exact) mass is 487 g/mol. The normalized spacial score (nSPS) is 20.5. The van der Waals surface area contributed by atoms with Crippen LogP contribution < -0.4 is 4.72 Å². The molecule has 0 radical (unpaired) electrons. The first-order chi connectivity index (χ1) is 15.3. The number of ether oxygens (including phenoxy) is 1. The van der Waals surface area contributed by atoms with Gasteiger partial charge in [0.15, 0.2) is 0 Å². The van der Waals surface area contributed by atoms with E-state index in [2.05, 4.69) is 23.5 Å². The Kier molecular flexibility index (Phi) is 9.11. The summed E-state index contributed by atoms with van der Waals surface area (Å²) in [6, 6.07) is 5.68. The molecule has 2 aliphatic rings. The van der Waals surface area contributed by atoms with Crippen molar-refractivity contribution in [1.82, 2.24) is 13.9 Å². The van der Waals surface area contributed by atoms with E-state index in [1.807, 2.05) is 0 Å². The van der Waals surface area contributed by atoms with Crippen LogP contribution in [0.1, 0.15) is 46.0 Å². The van der Waals surface area contributed by atoms with Gasteiger partial charge in [0.2, 0.25) is 20.0 Å². The Labute approximate surface area is 193 Å². The second-order valence-electron chi connectivity index (χ2n) is 8.58. The number of benzene rings is 1. The smallest absolute Gasteiger partial charge is 0.243 e. The Hall–Kier alpha value is -1.04. The Morgan fingerprint density at radius 1 is 0.875 bits per heavy atom. The van der Waals surface area contributed by atoms with Crippen LogP contribution in [-0.2, 0) is 24.8 Å². The Bertz CT molecular complexity index is 919. The van der Waals surface area contributed by atoms with Gasteiger partial charge in [-0.3, -0.25) is 4.90 Å². The summed E-state index contributed by atoms with van der Waals surface area (Å²) in [5, 5.41) is 0. The quantitative estimate of drug-likeness (QED) is 0.544. The fraction of sp³-hybridized carbons (Fsp3) is 0.727. The molecule has 2 fully saturated rings. The van der Waals surface area contributed by atoms with Crippen molar-refractivity contribution >= 4 is 20.0 Å². The third kappa shape index (κ3) is 6.09. The summed E-state index contributed by atoms with van der Waals surface area (Å²) in [5.41, 5.74) is 0. The molecule has 1 unspecified atom stereocenters. The van der Waals surface area contributed by atoms with Gasteiger partial charge in [0.25, 0.3) is 0 Å². The minimum atomic E-state index is -3.75. The minimum absolute atomic E-state index is 0.0837. The zero-order chi connectivity index (χ0) is 23.2. The zero-order valence-corrected chi connectivity index (χ0v) is 20.8. The number of nitrogens with zero attached hydrogens (tertiary/aromatic N) is 2. The minimum Gasteiger partial charge on any atom is -0.379 e. The van der Waals surface area contributed by atoms with E-state index in [1.54, 1.807) is 0 Å². The highest BCUT2D eigenvalue weighted by molar-refractivity contribution is 7.89. The predicted molar refractivity (Wildman–Crippen MR) is 124 cm³/mol. The molecule has 32 heavy (non-hydrogen) atoms. The molecule has 2 saturated heterocycles. The molecule has 8 nitrogen and oxygen atoms in total. The molecule has 0 amide bonds. The van der Waals surface area contributed by atoms with Gasteiger partial charge in [-0.15, -0.1) is 0 Å². The summed E-state index contributed by atoms with van der Waals surface area (Å²) < 4.78 is 61.3. The fourth-order valence-electron chi connectivity index (χ4n) is 4.66. The molecule has 0 spiro atoms. The van der Waals surface area contributed by atoms with E-state index < -0.39 is 20.0 Å². The van der Waals surface area contributed by atoms with Gasteiger partial charge in [-0.2, -0.15) is 4.31 Å². The van der Waals surface area contributed by atoms with E-state index in [0.717, 1.165) is 45.2 Å². The second-order valence-corrected chi connectivity index (χ2v) is 12.3. The fourth-order valence-corrected chi connectivity index (χ4v) is 7.23. The molecule has 3 rings (SSSR count). The molecular weight excluding hydrogens is 450 g/mol. The van der Waals surface area contributed by atoms with Crippen LogP contribution in [0.2, 0.25) is 0 Å². The Morgan fingerprint density at radius 3 is 2.00 bits per heavy atom. The number of nitrogens with one attached hydrogen (secondary N) is 1. The van der Waals surface area contributed by atoms with Crippen molar-refractivity contribution in [3.05, 3.63) is 24.3 Å². The third-order valence-electron chi connectivity index (χ3n) is 6.68. The summed E-state index contributed by atoms with van der Waals surface area (Å²) >= 11 is 0. The molecular formula is C22H37N3O5S2. The van der Waals surface area contributed by atoms with Crippen molar-refractivity contribution in [2.75, 3.05) is 45.9 Å². The lowest BCUT2D eigenvalue weighted by Crippen LogP contribution is -2.52. The van der Waals surface area contributed by atoms with Crippen molar-refractivity contribution in [3.8, 4) is 0 Å². The molecule has 2 heterocycles. The number of morpholine rings is 1. The van der Waals surface area contributed by atoms with Crippen LogP contribution >= 0.6 is 0 Å². The SMILES string of the molecule is CCC(CC)C(CNS(=O)(=O)c1ccc(S(=O)(=O)N2CCCCC2)cc1)N1CCOCC1. The molecule has 0 saturated carbocycles. The molecule has 1 N–H and O–H groups in total. The molecule has 182 valence electrons. The second kappa shape index (κ2) is 11.4. The van der Waals surface area contributed by atoms with Crippen LogP contribution in [0, 0.1) is 5.92 Å². The van der Waals surface area contributed by atoms with Crippen LogP contribution in [0.15, 0.2) is 34.1 Å². The number of hydrogen-bond donors (Lipinski definition) is 1. The molecule has 1 aromatic rings. The summed E-state index contributed by atoms with van der Waals surface area (Å²) in [6.07, 6.45) is 4.71. The Morgan fingerprint density at radius 2 is 1.44 bits per heavy atom. The maximum absolute atomic E-state index is 13.0. The van der Waals surface area contributed by atoms with Gasteiger partial charge in [-0.05, 0) is 43.0 Å². The van der Waals surface area contributed by atoms with Gasteiger partial charge >= 0.3 is 0 Å². The van der Waals surface area contributed by atoms with Crippen molar-refractivity contribution in [1.29, 1.82) is 0 Å². The standard InChI is InChI=1S/C22H37N3O5S2/c1-3-19(4-2)22(24-14-16-30-17-15-24)18-23-31(26,27)20-8-10-21(11-9-20)32(28,29)25-12-6-5-7-13-25/h8-11,19,22-23H,3-7,12-18H2,1-2H3. The zero-order valence-electron chi connectivity index (χ0n) is 19.2. The summed E-state index contributed by atoms with van der Waals surface area (Å²) in [5.74, 6) is 0.382. The van der Waals surface area contributed by atoms with E-state index in [-0.39, 0.29) is 15.8 Å². The van der Waals surface area contributed by atoms with E-state index in [1.165, 1.54) is 28.6 Å². The molecule has 2 aliphatic heterocycles. The topological polar surface area (TPSA) is 96.0 Å². The molecule has 0 bridgehead atoms. The van der Waals surface area contributed by atoms with Crippen LogP contribution in [0.3, 0.4) is 0 Å². The van der Waals surface area contributed by atoms with E-state index in [4.69, 9.17) is 4.74 Å². The number of piperidine rings is 1. The largest absolute Gasteiger partial charge is 0.379 e. The highest BCUT2D eigenvalue weighted by Gasteiger charge is 2.29. The molecule has 1 atom stereocenters. The van der Waals surface area contributed by atoms with Crippen LogP contribution in [-0.4, -0.2) is 78.0 Å². The maximum Gasteiger partial charge on any atom is 0.243 e. The average Bonchev–Trinajstić information content (AvgIpc) is 2.83. The predicted octanol–water partition coefficient (Wildman–Crippen LogP) is 2.28. The molecule has 0 aliphatic carbocycles. The van der Waals surface area contributed by atoms with Gasteiger partial charge in [0, 0.05) is 38.8 Å². The van der Waals surface area contributed by atoms with Gasteiger partial charge in [-0.1, -0.05) is 33.1 Å². The Balaban J connectivity index is 1.71. The summed E-state index contributed by atoms with van der Waals surface area (Å²) in [4.78, 5) is 2.54. The first kappa shape index (κ1) is 25.6. The van der Waals surface area contributed by atoms with Crippen molar-refractivity contribution in [2.24, 2.45) is 5.92 Å². The van der Waals surface area contributed by atoms with Crippen molar-refractivity contribution in [3.63, 3.8) is 0 Å². The van der Waals surface area contributed by atoms with Gasteiger partial charge in [0.05, 0.1) is 23.0 Å². The van der Waals surface area contributed by atoms with Crippen molar-refractivity contribution in [2.45, 2.75) is 61.8 Å². The van der Waals surface area contributed by atoms with Crippen LogP contribution in [0.4, 0.5) is 0 Å². The lowest BCUT2D eigenvalue weighted by Gasteiger charge is -2.38. The first-order valence-corrected chi connectivity index (χ1v) is 14.6. The average molecular weight is 488 g/mol. The van der Waals surface area contributed by atoms with Gasteiger partial charge in [0.1, 0.15) is 0 Å². The summed E-state index contributed by atoms with van der Waals surface area (Å²) in [7, 11) is -7.33. The highest BCUT2D eigenvalue weighted by Crippen LogP contribution is 2.23. The summed E-state index contributed by atoms with van der Waals surface area (Å²) in [6.45, 7) is 8.55. The number of hydrogen-bond acceptors (Lipinski definition) is 6. The van der Waals surface area contributed by atoms with E-state index >= 15 is 0 Å². The number of sulfonamides is 2. The van der Waals surface area contributed by atoms with E-state index in [9.17, 15) is 16.8 Å². The lowest BCUT2D eigenvalue weighted by atomic mass is 9.92. The lowest BCUT2D eigenvalue weighted by molar-refractivity contribution is 0.00297. The van der Waals surface area contributed by atoms with Gasteiger partial charge < -0.3 is 4.74 Å². The van der Waals surface area contributed by atoms with Crippen LogP contribution in [0.25, 0.3) is 0 Å². The number of rotatable bonds is 10. The van der Waals surface area contributed by atoms with Crippen LogP contribution in [0.5, 0.6) is 0 Å². The van der Waals surface area contributed by atoms with Gasteiger partial charge in [-0.25, -0.2) is 21.6 Å². The highest BCUT2D eigenvalue weighted by atomic mass is 32.2. The first-order valence-electron chi connectivity index (χ1n) is 11.7. The molecule has 1 aromatic carbocycles. The van der Waals surface area contributed by atoms with Crippen molar-refractivity contribution < 1.29 is 21.6 Å². The maximum atomic E-state index is 13.0.